The van der Waals surface area contributed by atoms with E-state index < -0.39 is 39.9 Å². The molecule has 2 N–H and O–H groups in total. The standard InChI is InChI=1S/2C19H22F2NO.2C5H5.Ti/c2*1-2-3-11-23-12-10-15-6-4-5-7-16(15)14-22-19-9-8-17(20)13-18(19)21;2*1-2-4-5-3-1;/h2*4-9,22H,2-3,10-12,14H2,1H3;2*1-3H,4H2;. The Morgan fingerprint density at radius 3 is 1.35 bits per heavy atom. The van der Waals surface area contributed by atoms with E-state index >= 15 is 17.6 Å². The van der Waals surface area contributed by atoms with E-state index in [0.29, 0.717) is 59.9 Å². The van der Waals surface area contributed by atoms with Gasteiger partial charge in [-0.15, -0.1) is 0 Å². The molecule has 2 aliphatic carbocycles. The summed E-state index contributed by atoms with van der Waals surface area (Å²) in [6, 6.07) is 21.0. The molecule has 0 fully saturated rings. The molecule has 9 heteroatoms. The van der Waals surface area contributed by atoms with Crippen molar-refractivity contribution in [2.24, 2.45) is 0 Å². The molecule has 0 amide bonds. The van der Waals surface area contributed by atoms with E-state index in [-0.39, 0.29) is 32.2 Å². The van der Waals surface area contributed by atoms with Crippen LogP contribution in [0.15, 0.2) is 117 Å². The number of benzene rings is 4. The van der Waals surface area contributed by atoms with Gasteiger partial charge in [0.15, 0.2) is 0 Å². The molecular formula is C48H54F4N2O2Ti. The van der Waals surface area contributed by atoms with Crippen molar-refractivity contribution in [1.29, 1.82) is 0 Å². The molecule has 0 aliphatic heterocycles. The summed E-state index contributed by atoms with van der Waals surface area (Å²) in [5.74, 6) is -3.25. The van der Waals surface area contributed by atoms with Crippen molar-refractivity contribution >= 4 is 19.1 Å². The van der Waals surface area contributed by atoms with Gasteiger partial charge in [0.1, 0.15) is 0 Å². The number of unbranched alkanes of at least 4 members (excludes halogenated alkanes) is 2. The average molecular weight is 815 g/mol. The summed E-state index contributed by atoms with van der Waals surface area (Å²) >= 11 is -5.04. The van der Waals surface area contributed by atoms with Crippen molar-refractivity contribution < 1.29 is 43.6 Å². The molecule has 0 spiro atoms. The van der Waals surface area contributed by atoms with Gasteiger partial charge in [-0.25, -0.2) is 0 Å². The first kappa shape index (κ1) is 42.4. The Hall–Kier alpha value is -4.21. The van der Waals surface area contributed by atoms with Gasteiger partial charge >= 0.3 is 314 Å². The number of anilines is 2. The van der Waals surface area contributed by atoms with Crippen molar-refractivity contribution in [1.82, 2.24) is 0 Å². The Morgan fingerprint density at radius 2 is 0.965 bits per heavy atom. The fraction of sp³-hybridized carbons (Fsp3) is 0.333. The van der Waals surface area contributed by atoms with Crippen molar-refractivity contribution in [2.45, 2.75) is 78.3 Å². The molecule has 0 saturated heterocycles. The zero-order valence-corrected chi connectivity index (χ0v) is 34.7. The number of nitrogens with one attached hydrogen (secondary N) is 2. The Balaban J connectivity index is 1.37. The van der Waals surface area contributed by atoms with Gasteiger partial charge < -0.3 is 0 Å². The molecule has 6 rings (SSSR count). The zero-order chi connectivity index (χ0) is 40.0. The maximum atomic E-state index is 17.5. The van der Waals surface area contributed by atoms with Crippen LogP contribution in [0, 0.1) is 23.3 Å². The van der Waals surface area contributed by atoms with E-state index in [1.54, 1.807) is 0 Å². The topological polar surface area (TPSA) is 42.5 Å². The SMILES string of the molecule is CCCCOCCc1ccccc1CNc1ccc(F)[c]([Ti]([C]2=CC=CC2)([C]2=CC=CC2)[c]2c(F)ccc(NCc3ccccc3CCOCCCC)c2F)c1F. The molecule has 57 heavy (non-hydrogen) atoms. The van der Waals surface area contributed by atoms with Crippen LogP contribution >= 0.6 is 0 Å². The number of ether oxygens (including phenoxy) is 2. The minimum absolute atomic E-state index is 0.0823. The number of hydrogen-bond donors (Lipinski definition) is 2. The first-order valence-corrected chi connectivity index (χ1v) is 23.5. The summed E-state index contributed by atoms with van der Waals surface area (Å²) in [7, 11) is 0. The summed E-state index contributed by atoms with van der Waals surface area (Å²) in [6.45, 7) is 7.34. The summed E-state index contributed by atoms with van der Waals surface area (Å²) in [4.78, 5) is 0. The maximum absolute atomic E-state index is 17.5. The third-order valence-corrected chi connectivity index (χ3v) is 18.9. The summed E-state index contributed by atoms with van der Waals surface area (Å²) in [5.41, 5.74) is 4.22. The Labute approximate surface area is 339 Å². The van der Waals surface area contributed by atoms with Crippen molar-refractivity contribution in [3.05, 3.63) is 163 Å². The van der Waals surface area contributed by atoms with E-state index in [9.17, 15) is 0 Å². The predicted molar refractivity (Wildman–Crippen MR) is 222 cm³/mol. The third-order valence-electron chi connectivity index (χ3n) is 10.9. The Kier molecular flexibility index (Phi) is 15.6. The monoisotopic (exact) mass is 814 g/mol. The normalized spacial score (nSPS) is 13.6. The molecule has 0 unspecified atom stereocenters. The van der Waals surface area contributed by atoms with Gasteiger partial charge in [-0.3, -0.25) is 0 Å². The second-order valence-corrected chi connectivity index (χ2v) is 20.6. The van der Waals surface area contributed by atoms with Crippen LogP contribution in [0.5, 0.6) is 0 Å². The first-order valence-electron chi connectivity index (χ1n) is 20.4. The average Bonchev–Trinajstić information content (AvgIpc) is 3.97. The van der Waals surface area contributed by atoms with Crippen molar-refractivity contribution in [2.75, 3.05) is 37.1 Å². The molecule has 4 nitrogen and oxygen atoms in total. The van der Waals surface area contributed by atoms with Gasteiger partial charge in [-0.05, 0) is 0 Å². The molecular weight excluding hydrogens is 760 g/mol. The summed E-state index contributed by atoms with van der Waals surface area (Å²) in [6.07, 6.45) is 17.2. The minimum atomic E-state index is -5.04. The number of rotatable bonds is 22. The van der Waals surface area contributed by atoms with Gasteiger partial charge in [0.2, 0.25) is 0 Å². The second kappa shape index (κ2) is 21.0. The van der Waals surface area contributed by atoms with E-state index in [1.807, 2.05) is 85.0 Å². The van der Waals surface area contributed by atoms with Crippen molar-refractivity contribution in [3.8, 4) is 0 Å². The molecule has 0 saturated carbocycles. The first-order chi connectivity index (χ1) is 27.9. The molecule has 0 bridgehead atoms. The van der Waals surface area contributed by atoms with Crippen LogP contribution in [0.2, 0.25) is 0 Å². The summed E-state index contributed by atoms with van der Waals surface area (Å²) < 4.78 is 80.8. The van der Waals surface area contributed by atoms with Crippen LogP contribution in [-0.2, 0) is 52.0 Å². The molecule has 0 radical (unpaired) electrons. The molecule has 0 heterocycles. The second-order valence-electron chi connectivity index (χ2n) is 14.6. The fourth-order valence-electron chi connectivity index (χ4n) is 7.88. The number of allylic oxidation sites excluding steroid dienone is 8. The fourth-order valence-corrected chi connectivity index (χ4v) is 16.2. The Morgan fingerprint density at radius 1 is 0.544 bits per heavy atom. The van der Waals surface area contributed by atoms with Crippen molar-refractivity contribution in [3.63, 3.8) is 0 Å². The van der Waals surface area contributed by atoms with Gasteiger partial charge in [0.25, 0.3) is 0 Å². The van der Waals surface area contributed by atoms with Gasteiger partial charge in [0, 0.05) is 0 Å². The van der Waals surface area contributed by atoms with E-state index in [2.05, 4.69) is 24.5 Å². The van der Waals surface area contributed by atoms with Gasteiger partial charge in [-0.1, -0.05) is 26.7 Å². The molecule has 300 valence electrons. The Bertz CT molecular complexity index is 1960. The molecule has 4 aromatic rings. The molecule has 4 aromatic carbocycles. The number of halogens is 4. The van der Waals surface area contributed by atoms with Crippen LogP contribution in [0.3, 0.4) is 0 Å². The van der Waals surface area contributed by atoms with Crippen LogP contribution in [0.4, 0.5) is 28.9 Å². The van der Waals surface area contributed by atoms with Crippen LogP contribution < -0.4 is 18.4 Å². The van der Waals surface area contributed by atoms with Crippen LogP contribution in [-0.4, -0.2) is 26.4 Å². The molecule has 2 aliphatic rings. The zero-order valence-electron chi connectivity index (χ0n) is 33.1. The van der Waals surface area contributed by atoms with E-state index in [4.69, 9.17) is 9.47 Å². The van der Waals surface area contributed by atoms with Crippen LogP contribution in [0.25, 0.3) is 0 Å². The summed E-state index contributed by atoms with van der Waals surface area (Å²) in [5, 5.41) is 6.46. The van der Waals surface area contributed by atoms with E-state index in [1.165, 1.54) is 24.3 Å². The van der Waals surface area contributed by atoms with Gasteiger partial charge in [-0.2, -0.15) is 0 Å². The van der Waals surface area contributed by atoms with Gasteiger partial charge in [0.05, 0.1) is 0 Å². The molecule has 0 atom stereocenters. The van der Waals surface area contributed by atoms with E-state index in [0.717, 1.165) is 47.9 Å². The quantitative estimate of drug-likeness (QED) is 0.0471. The third kappa shape index (κ3) is 9.92. The number of hydrogen-bond acceptors (Lipinski definition) is 4. The molecule has 0 aromatic heterocycles. The predicted octanol–water partition coefficient (Wildman–Crippen LogP) is 11.0. The van der Waals surface area contributed by atoms with Crippen LogP contribution in [0.1, 0.15) is 74.6 Å².